The van der Waals surface area contributed by atoms with E-state index in [1.165, 1.54) is 0 Å². The van der Waals surface area contributed by atoms with E-state index in [0.717, 1.165) is 19.3 Å². The lowest BCUT2D eigenvalue weighted by Crippen LogP contribution is -2.14. The lowest BCUT2D eigenvalue weighted by atomic mass is 9.93. The highest BCUT2D eigenvalue weighted by Crippen LogP contribution is 2.19. The molecule has 0 aliphatic carbocycles. The number of aliphatic carboxylic acids is 2. The SMILES string of the molecule is CCCC(CCCCC(CC)C(=O)O)C(=O)O. The van der Waals surface area contributed by atoms with E-state index in [-0.39, 0.29) is 11.8 Å². The van der Waals surface area contributed by atoms with Crippen LogP contribution in [0.5, 0.6) is 0 Å². The van der Waals surface area contributed by atoms with Crippen LogP contribution in [-0.2, 0) is 9.59 Å². The molecule has 0 radical (unpaired) electrons. The third kappa shape index (κ3) is 6.97. The summed E-state index contributed by atoms with van der Waals surface area (Å²) in [4.78, 5) is 21.7. The summed E-state index contributed by atoms with van der Waals surface area (Å²) in [5.74, 6) is -2.00. The Morgan fingerprint density at radius 3 is 1.71 bits per heavy atom. The van der Waals surface area contributed by atoms with Gasteiger partial charge in [-0.2, -0.15) is 0 Å². The van der Waals surface area contributed by atoms with E-state index in [1.807, 2.05) is 13.8 Å². The minimum Gasteiger partial charge on any atom is -0.481 e. The molecule has 0 aromatic heterocycles. The quantitative estimate of drug-likeness (QED) is 0.579. The Morgan fingerprint density at radius 2 is 1.35 bits per heavy atom. The van der Waals surface area contributed by atoms with Gasteiger partial charge in [0, 0.05) is 0 Å². The zero-order valence-corrected chi connectivity index (χ0v) is 10.8. The molecular weight excluding hydrogens is 220 g/mol. The molecule has 100 valence electrons. The summed E-state index contributed by atoms with van der Waals surface area (Å²) in [7, 11) is 0. The van der Waals surface area contributed by atoms with Crippen molar-refractivity contribution < 1.29 is 19.8 Å². The first kappa shape index (κ1) is 15.9. The van der Waals surface area contributed by atoms with Gasteiger partial charge in [0.25, 0.3) is 0 Å². The summed E-state index contributed by atoms with van der Waals surface area (Å²) >= 11 is 0. The van der Waals surface area contributed by atoms with Gasteiger partial charge in [-0.1, -0.05) is 33.1 Å². The first-order chi connectivity index (χ1) is 8.02. The molecular formula is C13H24O4. The molecule has 2 atom stereocenters. The molecule has 0 spiro atoms. The summed E-state index contributed by atoms with van der Waals surface area (Å²) in [6.45, 7) is 3.85. The Labute approximate surface area is 103 Å². The number of carboxylic acids is 2. The highest BCUT2D eigenvalue weighted by atomic mass is 16.4. The van der Waals surface area contributed by atoms with Crippen LogP contribution >= 0.6 is 0 Å². The molecule has 17 heavy (non-hydrogen) atoms. The average Bonchev–Trinajstić information content (AvgIpc) is 2.26. The number of hydrogen-bond acceptors (Lipinski definition) is 2. The minimum atomic E-state index is -0.740. The standard InChI is InChI=1S/C13H24O4/c1-3-7-11(13(16)17)9-6-5-8-10(4-2)12(14)15/h10-11H,3-9H2,1-2H3,(H,14,15)(H,16,17). The topological polar surface area (TPSA) is 74.6 Å². The van der Waals surface area contributed by atoms with Crippen molar-refractivity contribution in [2.45, 2.75) is 58.8 Å². The molecule has 0 fully saturated rings. The molecule has 0 aliphatic rings. The van der Waals surface area contributed by atoms with Gasteiger partial charge in [0.05, 0.1) is 11.8 Å². The van der Waals surface area contributed by atoms with Gasteiger partial charge in [-0.25, -0.2) is 0 Å². The van der Waals surface area contributed by atoms with E-state index in [2.05, 4.69) is 0 Å². The maximum atomic E-state index is 10.9. The molecule has 0 aromatic rings. The molecule has 0 bridgehead atoms. The average molecular weight is 244 g/mol. The molecule has 2 unspecified atom stereocenters. The predicted molar refractivity (Wildman–Crippen MR) is 65.9 cm³/mol. The Bertz CT molecular complexity index is 238. The molecule has 4 heteroatoms. The van der Waals surface area contributed by atoms with Crippen molar-refractivity contribution in [1.29, 1.82) is 0 Å². The van der Waals surface area contributed by atoms with Crippen LogP contribution in [0.3, 0.4) is 0 Å². The summed E-state index contributed by atoms with van der Waals surface area (Å²) in [5.41, 5.74) is 0. The number of unbranched alkanes of at least 4 members (excludes halogenated alkanes) is 1. The molecule has 2 N–H and O–H groups in total. The Kier molecular flexibility index (Phi) is 8.46. The normalized spacial score (nSPS) is 14.2. The van der Waals surface area contributed by atoms with Crippen molar-refractivity contribution in [3.63, 3.8) is 0 Å². The maximum absolute atomic E-state index is 10.9. The third-order valence-corrected chi connectivity index (χ3v) is 3.18. The van der Waals surface area contributed by atoms with E-state index in [4.69, 9.17) is 10.2 Å². The van der Waals surface area contributed by atoms with E-state index >= 15 is 0 Å². The number of carbonyl (C=O) groups is 2. The van der Waals surface area contributed by atoms with Crippen molar-refractivity contribution in [2.24, 2.45) is 11.8 Å². The molecule has 4 nitrogen and oxygen atoms in total. The van der Waals surface area contributed by atoms with Gasteiger partial charge < -0.3 is 10.2 Å². The second-order valence-corrected chi connectivity index (χ2v) is 4.55. The molecule has 0 saturated heterocycles. The van der Waals surface area contributed by atoms with Crippen LogP contribution in [0.4, 0.5) is 0 Å². The van der Waals surface area contributed by atoms with Gasteiger partial charge in [0.2, 0.25) is 0 Å². The fourth-order valence-corrected chi connectivity index (χ4v) is 2.02. The van der Waals surface area contributed by atoms with Crippen LogP contribution in [0.2, 0.25) is 0 Å². The lowest BCUT2D eigenvalue weighted by molar-refractivity contribution is -0.143. The van der Waals surface area contributed by atoms with Crippen LogP contribution in [0, 0.1) is 11.8 Å². The van der Waals surface area contributed by atoms with Crippen molar-refractivity contribution in [1.82, 2.24) is 0 Å². The van der Waals surface area contributed by atoms with Crippen LogP contribution in [0.15, 0.2) is 0 Å². The summed E-state index contributed by atoms with van der Waals surface area (Å²) in [6, 6.07) is 0. The van der Waals surface area contributed by atoms with Crippen LogP contribution in [0.1, 0.15) is 58.8 Å². The zero-order valence-electron chi connectivity index (χ0n) is 10.8. The monoisotopic (exact) mass is 244 g/mol. The van der Waals surface area contributed by atoms with Crippen molar-refractivity contribution >= 4 is 11.9 Å². The number of rotatable bonds is 10. The van der Waals surface area contributed by atoms with E-state index in [1.54, 1.807) is 0 Å². The maximum Gasteiger partial charge on any atom is 0.306 e. The second-order valence-electron chi connectivity index (χ2n) is 4.55. The molecule has 0 aromatic carbocycles. The summed E-state index contributed by atoms with van der Waals surface area (Å²) < 4.78 is 0. The highest BCUT2D eigenvalue weighted by molar-refractivity contribution is 5.70. The third-order valence-electron chi connectivity index (χ3n) is 3.18. The molecule has 0 rings (SSSR count). The van der Waals surface area contributed by atoms with E-state index in [9.17, 15) is 9.59 Å². The fraction of sp³-hybridized carbons (Fsp3) is 0.846. The van der Waals surface area contributed by atoms with Crippen molar-refractivity contribution in [3.8, 4) is 0 Å². The molecule has 0 saturated carbocycles. The summed E-state index contributed by atoms with van der Waals surface area (Å²) in [5, 5.41) is 17.8. The van der Waals surface area contributed by atoms with Gasteiger partial charge in [-0.15, -0.1) is 0 Å². The smallest absolute Gasteiger partial charge is 0.306 e. The highest BCUT2D eigenvalue weighted by Gasteiger charge is 2.17. The van der Waals surface area contributed by atoms with Crippen molar-refractivity contribution in [2.75, 3.05) is 0 Å². The van der Waals surface area contributed by atoms with Gasteiger partial charge in [-0.3, -0.25) is 9.59 Å². The summed E-state index contributed by atoms with van der Waals surface area (Å²) in [6.07, 6.45) is 5.17. The molecule has 0 amide bonds. The van der Waals surface area contributed by atoms with Crippen LogP contribution in [0.25, 0.3) is 0 Å². The number of hydrogen-bond donors (Lipinski definition) is 2. The van der Waals surface area contributed by atoms with Gasteiger partial charge >= 0.3 is 11.9 Å². The van der Waals surface area contributed by atoms with Gasteiger partial charge in [-0.05, 0) is 25.7 Å². The van der Waals surface area contributed by atoms with Crippen LogP contribution in [-0.4, -0.2) is 22.2 Å². The van der Waals surface area contributed by atoms with Gasteiger partial charge in [0.15, 0.2) is 0 Å². The number of carboxylic acid groups (broad SMARTS) is 2. The van der Waals surface area contributed by atoms with E-state index in [0.29, 0.717) is 25.7 Å². The van der Waals surface area contributed by atoms with E-state index < -0.39 is 11.9 Å². The Hall–Kier alpha value is -1.06. The fourth-order valence-electron chi connectivity index (χ4n) is 2.02. The first-order valence-corrected chi connectivity index (χ1v) is 6.48. The predicted octanol–water partition coefficient (Wildman–Crippen LogP) is 3.16. The minimum absolute atomic E-state index is 0.259. The Balaban J connectivity index is 3.81. The largest absolute Gasteiger partial charge is 0.481 e. The van der Waals surface area contributed by atoms with Gasteiger partial charge in [0.1, 0.15) is 0 Å². The zero-order chi connectivity index (χ0) is 13.3. The second kappa shape index (κ2) is 9.02. The lowest BCUT2D eigenvalue weighted by Gasteiger charge is -2.12. The molecule has 0 aliphatic heterocycles. The van der Waals surface area contributed by atoms with Crippen LogP contribution < -0.4 is 0 Å². The Morgan fingerprint density at radius 1 is 0.882 bits per heavy atom. The van der Waals surface area contributed by atoms with Crippen molar-refractivity contribution in [3.05, 3.63) is 0 Å². The first-order valence-electron chi connectivity index (χ1n) is 6.48. The molecule has 0 heterocycles.